The Labute approximate surface area is 97.4 Å². The summed E-state index contributed by atoms with van der Waals surface area (Å²) < 4.78 is 5.20. The van der Waals surface area contributed by atoms with Crippen molar-refractivity contribution in [1.82, 2.24) is 5.32 Å². The average molecular weight is 229 g/mol. The lowest BCUT2D eigenvalue weighted by Crippen LogP contribution is -2.41. The van der Waals surface area contributed by atoms with Gasteiger partial charge in [-0.3, -0.25) is 0 Å². The third kappa shape index (κ3) is 4.00. The van der Waals surface area contributed by atoms with Gasteiger partial charge in [0.25, 0.3) is 0 Å². The number of ether oxygens (including phenoxy) is 1. The molecule has 0 aromatic rings. The topological polar surface area (TPSA) is 58.6 Å². The lowest BCUT2D eigenvalue weighted by Gasteiger charge is -2.23. The van der Waals surface area contributed by atoms with Crippen LogP contribution in [-0.2, 0) is 4.74 Å². The van der Waals surface area contributed by atoms with E-state index in [2.05, 4.69) is 12.2 Å². The highest BCUT2D eigenvalue weighted by atomic mass is 16.6. The Bertz CT molecular complexity index is 247. The summed E-state index contributed by atoms with van der Waals surface area (Å²) in [5.74, 6) is 0.722. The second-order valence-corrected chi connectivity index (χ2v) is 5.77. The van der Waals surface area contributed by atoms with E-state index in [1.807, 2.05) is 20.8 Å². The zero-order valence-electron chi connectivity index (χ0n) is 10.6. The van der Waals surface area contributed by atoms with E-state index in [1.165, 1.54) is 0 Å². The number of amides is 1. The molecule has 0 aromatic heterocycles. The van der Waals surface area contributed by atoms with Gasteiger partial charge < -0.3 is 15.2 Å². The van der Waals surface area contributed by atoms with E-state index in [0.717, 1.165) is 12.8 Å². The van der Waals surface area contributed by atoms with Gasteiger partial charge in [0.2, 0.25) is 0 Å². The third-order valence-electron chi connectivity index (χ3n) is 2.87. The van der Waals surface area contributed by atoms with Crippen molar-refractivity contribution in [3.63, 3.8) is 0 Å². The van der Waals surface area contributed by atoms with Crippen LogP contribution in [-0.4, -0.2) is 29.4 Å². The first-order valence-electron chi connectivity index (χ1n) is 5.92. The Morgan fingerprint density at radius 2 is 2.06 bits per heavy atom. The largest absolute Gasteiger partial charge is 0.444 e. The zero-order valence-corrected chi connectivity index (χ0v) is 10.6. The maximum atomic E-state index is 11.6. The molecule has 3 atom stereocenters. The molecule has 0 unspecified atom stereocenters. The lowest BCUT2D eigenvalue weighted by atomic mass is 10.1. The minimum absolute atomic E-state index is 0.0508. The van der Waals surface area contributed by atoms with Gasteiger partial charge in [-0.2, -0.15) is 0 Å². The molecule has 2 N–H and O–H groups in total. The van der Waals surface area contributed by atoms with Crippen LogP contribution >= 0.6 is 0 Å². The predicted octanol–water partition coefficient (Wildman–Crippen LogP) is 1.92. The van der Waals surface area contributed by atoms with Crippen molar-refractivity contribution in [2.75, 3.05) is 6.61 Å². The number of carbonyl (C=O) groups is 1. The highest BCUT2D eigenvalue weighted by Gasteiger charge is 2.33. The molecule has 1 rings (SSSR count). The number of carbonyl (C=O) groups excluding carboxylic acids is 1. The summed E-state index contributed by atoms with van der Waals surface area (Å²) >= 11 is 0. The van der Waals surface area contributed by atoms with Crippen LogP contribution in [0.2, 0.25) is 0 Å². The number of hydrogen-bond acceptors (Lipinski definition) is 3. The molecule has 1 fully saturated rings. The van der Waals surface area contributed by atoms with Crippen molar-refractivity contribution in [3.8, 4) is 0 Å². The second kappa shape index (κ2) is 5.04. The number of alkyl carbamates (subject to hydrolysis) is 1. The monoisotopic (exact) mass is 229 g/mol. The third-order valence-corrected chi connectivity index (χ3v) is 2.87. The van der Waals surface area contributed by atoms with E-state index in [9.17, 15) is 9.90 Å². The molecule has 0 saturated heterocycles. The molecular formula is C12H23NO3. The molecule has 0 aromatic carbocycles. The van der Waals surface area contributed by atoms with Gasteiger partial charge in [-0.05, 0) is 39.5 Å². The molecule has 1 amide bonds. The van der Waals surface area contributed by atoms with Crippen LogP contribution in [0.4, 0.5) is 4.79 Å². The first kappa shape index (κ1) is 13.3. The Kier molecular flexibility index (Phi) is 4.19. The maximum absolute atomic E-state index is 11.6. The fraction of sp³-hybridized carbons (Fsp3) is 0.917. The summed E-state index contributed by atoms with van der Waals surface area (Å²) in [7, 11) is 0. The minimum Gasteiger partial charge on any atom is -0.444 e. The Hall–Kier alpha value is -0.770. The summed E-state index contributed by atoms with van der Waals surface area (Å²) in [5.41, 5.74) is -0.469. The number of aliphatic hydroxyl groups excluding tert-OH is 1. The highest BCUT2D eigenvalue weighted by Crippen LogP contribution is 2.30. The van der Waals surface area contributed by atoms with Crippen molar-refractivity contribution >= 4 is 6.09 Å². The Morgan fingerprint density at radius 3 is 2.56 bits per heavy atom. The standard InChI is InChI=1S/C12H23NO3/c1-8-5-9(7-14)10(6-8)13-11(15)16-12(2,3)4/h8-10,14H,5-7H2,1-4H3,(H,13,15)/t8-,9+,10-/m1/s1. The van der Waals surface area contributed by atoms with Gasteiger partial charge in [0.05, 0.1) is 0 Å². The number of hydrogen-bond donors (Lipinski definition) is 2. The SMILES string of the molecule is C[C@@H]1C[C@@H](CO)[C@H](NC(=O)OC(C)(C)C)C1. The first-order chi connectivity index (χ1) is 7.31. The maximum Gasteiger partial charge on any atom is 0.407 e. The van der Waals surface area contributed by atoms with Crippen molar-refractivity contribution in [2.24, 2.45) is 11.8 Å². The van der Waals surface area contributed by atoms with E-state index in [-0.39, 0.29) is 24.7 Å². The van der Waals surface area contributed by atoms with Crippen LogP contribution < -0.4 is 5.32 Å². The zero-order chi connectivity index (χ0) is 12.3. The van der Waals surface area contributed by atoms with E-state index in [0.29, 0.717) is 5.92 Å². The van der Waals surface area contributed by atoms with Gasteiger partial charge in [0.15, 0.2) is 0 Å². The van der Waals surface area contributed by atoms with E-state index in [4.69, 9.17) is 4.74 Å². The van der Waals surface area contributed by atoms with Crippen LogP contribution in [0.25, 0.3) is 0 Å². The van der Waals surface area contributed by atoms with Gasteiger partial charge in [0, 0.05) is 18.6 Å². The van der Waals surface area contributed by atoms with Gasteiger partial charge in [0.1, 0.15) is 5.60 Å². The highest BCUT2D eigenvalue weighted by molar-refractivity contribution is 5.68. The van der Waals surface area contributed by atoms with Crippen molar-refractivity contribution < 1.29 is 14.6 Å². The van der Waals surface area contributed by atoms with Crippen LogP contribution in [0.1, 0.15) is 40.5 Å². The number of rotatable bonds is 2. The molecule has 0 radical (unpaired) electrons. The van der Waals surface area contributed by atoms with Crippen molar-refractivity contribution in [1.29, 1.82) is 0 Å². The quantitative estimate of drug-likeness (QED) is 0.760. The summed E-state index contributed by atoms with van der Waals surface area (Å²) in [5, 5.41) is 12.1. The molecule has 4 nitrogen and oxygen atoms in total. The van der Waals surface area contributed by atoms with E-state index >= 15 is 0 Å². The van der Waals surface area contributed by atoms with Crippen LogP contribution in [0.3, 0.4) is 0 Å². The molecule has 1 saturated carbocycles. The summed E-state index contributed by atoms with van der Waals surface area (Å²) in [6, 6.07) is 0.0508. The van der Waals surface area contributed by atoms with Crippen LogP contribution in [0.15, 0.2) is 0 Å². The molecule has 0 heterocycles. The minimum atomic E-state index is -0.469. The fourth-order valence-electron chi connectivity index (χ4n) is 2.24. The summed E-state index contributed by atoms with van der Waals surface area (Å²) in [6.45, 7) is 7.79. The number of nitrogens with one attached hydrogen (secondary N) is 1. The van der Waals surface area contributed by atoms with Crippen molar-refractivity contribution in [3.05, 3.63) is 0 Å². The summed E-state index contributed by atoms with van der Waals surface area (Å²) in [6.07, 6.45) is 1.51. The smallest absolute Gasteiger partial charge is 0.407 e. The second-order valence-electron chi connectivity index (χ2n) is 5.77. The van der Waals surface area contributed by atoms with Gasteiger partial charge >= 0.3 is 6.09 Å². The van der Waals surface area contributed by atoms with Gasteiger partial charge in [-0.1, -0.05) is 6.92 Å². The predicted molar refractivity (Wildman–Crippen MR) is 62.1 cm³/mol. The van der Waals surface area contributed by atoms with Crippen LogP contribution in [0, 0.1) is 11.8 Å². The Balaban J connectivity index is 2.44. The average Bonchev–Trinajstić information content (AvgIpc) is 2.42. The first-order valence-corrected chi connectivity index (χ1v) is 5.92. The molecule has 1 aliphatic carbocycles. The summed E-state index contributed by atoms with van der Waals surface area (Å²) in [4.78, 5) is 11.6. The van der Waals surface area contributed by atoms with Crippen molar-refractivity contribution in [2.45, 2.75) is 52.2 Å². The molecule has 16 heavy (non-hydrogen) atoms. The lowest BCUT2D eigenvalue weighted by molar-refractivity contribution is 0.0482. The van der Waals surface area contributed by atoms with Gasteiger partial charge in [-0.15, -0.1) is 0 Å². The molecular weight excluding hydrogens is 206 g/mol. The molecule has 1 aliphatic rings. The fourth-order valence-corrected chi connectivity index (χ4v) is 2.24. The van der Waals surface area contributed by atoms with Crippen LogP contribution in [0.5, 0.6) is 0 Å². The van der Waals surface area contributed by atoms with E-state index in [1.54, 1.807) is 0 Å². The number of aliphatic hydroxyl groups is 1. The van der Waals surface area contributed by atoms with Gasteiger partial charge in [-0.25, -0.2) is 4.79 Å². The van der Waals surface area contributed by atoms with E-state index < -0.39 is 5.60 Å². The molecule has 94 valence electrons. The Morgan fingerprint density at radius 1 is 1.44 bits per heavy atom. The molecule has 0 spiro atoms. The molecule has 4 heteroatoms. The molecule has 0 bridgehead atoms. The molecule has 0 aliphatic heterocycles. The normalized spacial score (nSPS) is 30.2.